The maximum atomic E-state index is 13.5. The van der Waals surface area contributed by atoms with Gasteiger partial charge in [-0.2, -0.15) is 5.26 Å². The smallest absolute Gasteiger partial charge is 0.142 e. The molecule has 102 valence electrons. The first-order valence-electron chi connectivity index (χ1n) is 6.53. The normalized spacial score (nSPS) is 10.3. The van der Waals surface area contributed by atoms with Crippen LogP contribution in [0.25, 0.3) is 11.1 Å². The van der Waals surface area contributed by atoms with Crippen molar-refractivity contribution in [2.24, 2.45) is 0 Å². The number of benzene rings is 1. The summed E-state index contributed by atoms with van der Waals surface area (Å²) in [6.45, 7) is 3.92. The highest BCUT2D eigenvalue weighted by atomic mass is 19.1. The van der Waals surface area contributed by atoms with Gasteiger partial charge in [0.05, 0.1) is 0 Å². The van der Waals surface area contributed by atoms with Gasteiger partial charge in [0, 0.05) is 11.3 Å². The Balaban J connectivity index is 2.81. The molecular weight excluding hydrogens is 253 g/mol. The average Bonchev–Trinajstić information content (AvgIpc) is 2.41. The summed E-state index contributed by atoms with van der Waals surface area (Å²) in [5.74, 6) is -0.133. The summed E-state index contributed by atoms with van der Waals surface area (Å²) >= 11 is 0. The average molecular weight is 269 g/mol. The number of rotatable bonds is 3. The number of nitriles is 1. The fourth-order valence-electron chi connectivity index (χ4n) is 2.40. The first-order chi connectivity index (χ1) is 9.58. The third-order valence-corrected chi connectivity index (χ3v) is 3.26. The van der Waals surface area contributed by atoms with Crippen molar-refractivity contribution in [2.45, 2.75) is 26.7 Å². The summed E-state index contributed by atoms with van der Waals surface area (Å²) in [5, 5.41) is 9.35. The Morgan fingerprint density at radius 1 is 1.40 bits per heavy atom. The molecule has 0 aliphatic carbocycles. The summed E-state index contributed by atoms with van der Waals surface area (Å²) in [4.78, 5) is 4.23. The minimum atomic E-state index is -0.332. The maximum absolute atomic E-state index is 13.5. The SMILES string of the molecule is CCCc1c(C)nc(N)c(C#N)c1-c1cccc(F)c1. The molecule has 0 unspecified atom stereocenters. The molecule has 0 saturated carbocycles. The zero-order valence-corrected chi connectivity index (χ0v) is 11.6. The largest absolute Gasteiger partial charge is 0.383 e. The van der Waals surface area contributed by atoms with E-state index in [2.05, 4.69) is 18.0 Å². The predicted molar refractivity (Wildman–Crippen MR) is 77.5 cm³/mol. The number of nitrogens with zero attached hydrogens (tertiary/aromatic N) is 2. The Morgan fingerprint density at radius 2 is 2.15 bits per heavy atom. The molecule has 0 aliphatic heterocycles. The molecule has 1 heterocycles. The molecule has 0 fully saturated rings. The fraction of sp³-hybridized carbons (Fsp3) is 0.250. The highest BCUT2D eigenvalue weighted by Gasteiger charge is 2.17. The summed E-state index contributed by atoms with van der Waals surface area (Å²) in [7, 11) is 0. The van der Waals surface area contributed by atoms with Crippen LogP contribution < -0.4 is 5.73 Å². The van der Waals surface area contributed by atoms with Gasteiger partial charge in [-0.3, -0.25) is 0 Å². The lowest BCUT2D eigenvalue weighted by atomic mass is 9.92. The molecule has 0 aliphatic rings. The molecule has 0 saturated heterocycles. The van der Waals surface area contributed by atoms with E-state index in [1.807, 2.05) is 6.92 Å². The number of nitrogens with two attached hydrogens (primary N) is 1. The van der Waals surface area contributed by atoms with Crippen molar-refractivity contribution in [3.8, 4) is 17.2 Å². The molecule has 0 amide bonds. The van der Waals surface area contributed by atoms with Gasteiger partial charge in [-0.25, -0.2) is 9.37 Å². The van der Waals surface area contributed by atoms with Gasteiger partial charge in [0.2, 0.25) is 0 Å². The number of aryl methyl sites for hydroxylation is 1. The van der Waals surface area contributed by atoms with Crippen LogP contribution in [0, 0.1) is 24.1 Å². The second-order valence-corrected chi connectivity index (χ2v) is 4.68. The number of anilines is 1. The van der Waals surface area contributed by atoms with Crippen LogP contribution >= 0.6 is 0 Å². The molecule has 0 atom stereocenters. The van der Waals surface area contributed by atoms with Crippen molar-refractivity contribution in [2.75, 3.05) is 5.73 Å². The Morgan fingerprint density at radius 3 is 2.75 bits per heavy atom. The first kappa shape index (κ1) is 14.0. The van der Waals surface area contributed by atoms with Crippen molar-refractivity contribution in [1.29, 1.82) is 5.26 Å². The quantitative estimate of drug-likeness (QED) is 0.925. The Hall–Kier alpha value is -2.41. The number of halogens is 1. The molecule has 1 aromatic carbocycles. The molecule has 0 radical (unpaired) electrons. The highest BCUT2D eigenvalue weighted by molar-refractivity contribution is 5.79. The number of pyridine rings is 1. The zero-order valence-electron chi connectivity index (χ0n) is 11.6. The topological polar surface area (TPSA) is 62.7 Å². The summed E-state index contributed by atoms with van der Waals surface area (Å²) in [6.07, 6.45) is 1.69. The monoisotopic (exact) mass is 269 g/mol. The molecule has 20 heavy (non-hydrogen) atoms. The number of hydrogen-bond acceptors (Lipinski definition) is 3. The van der Waals surface area contributed by atoms with Crippen molar-refractivity contribution in [3.63, 3.8) is 0 Å². The van der Waals surface area contributed by atoms with E-state index in [0.717, 1.165) is 24.1 Å². The lowest BCUT2D eigenvalue weighted by molar-refractivity contribution is 0.628. The van der Waals surface area contributed by atoms with Crippen LogP contribution in [0.3, 0.4) is 0 Å². The van der Waals surface area contributed by atoms with E-state index in [4.69, 9.17) is 5.73 Å². The van der Waals surface area contributed by atoms with Crippen LogP contribution in [-0.2, 0) is 6.42 Å². The predicted octanol–water partition coefficient (Wildman–Crippen LogP) is 3.60. The molecule has 1 aromatic heterocycles. The van der Waals surface area contributed by atoms with Crippen LogP contribution in [-0.4, -0.2) is 4.98 Å². The second-order valence-electron chi connectivity index (χ2n) is 4.68. The van der Waals surface area contributed by atoms with Crippen molar-refractivity contribution in [1.82, 2.24) is 4.98 Å². The summed E-state index contributed by atoms with van der Waals surface area (Å²) in [6, 6.07) is 8.33. The third kappa shape index (κ3) is 2.48. The minimum Gasteiger partial charge on any atom is -0.383 e. The van der Waals surface area contributed by atoms with Crippen LogP contribution in [0.2, 0.25) is 0 Å². The van der Waals surface area contributed by atoms with Crippen molar-refractivity contribution < 1.29 is 4.39 Å². The standard InChI is InChI=1S/C16H16FN3/c1-3-5-13-10(2)20-16(19)14(9-18)15(13)11-6-4-7-12(17)8-11/h4,6-8H,3,5H2,1-2H3,(H2,19,20). The van der Waals surface area contributed by atoms with Crippen LogP contribution in [0.15, 0.2) is 24.3 Å². The van der Waals surface area contributed by atoms with E-state index >= 15 is 0 Å². The third-order valence-electron chi connectivity index (χ3n) is 3.26. The Kier molecular flexibility index (Phi) is 3.99. The van der Waals surface area contributed by atoms with Gasteiger partial charge >= 0.3 is 0 Å². The van der Waals surface area contributed by atoms with Crippen molar-refractivity contribution >= 4 is 5.82 Å². The van der Waals surface area contributed by atoms with Crippen LogP contribution in [0.5, 0.6) is 0 Å². The molecule has 0 spiro atoms. The molecular formula is C16H16FN3. The lowest BCUT2D eigenvalue weighted by Crippen LogP contribution is -2.05. The van der Waals surface area contributed by atoms with Gasteiger partial charge in [-0.05, 0) is 36.6 Å². The van der Waals surface area contributed by atoms with Gasteiger partial charge in [0.15, 0.2) is 0 Å². The van der Waals surface area contributed by atoms with Gasteiger partial charge in [0.1, 0.15) is 23.3 Å². The van der Waals surface area contributed by atoms with E-state index in [1.165, 1.54) is 12.1 Å². The Bertz CT molecular complexity index is 687. The fourth-order valence-corrected chi connectivity index (χ4v) is 2.40. The number of aromatic nitrogens is 1. The molecule has 2 aromatic rings. The molecule has 0 bridgehead atoms. The van der Waals surface area contributed by atoms with Gasteiger partial charge in [-0.1, -0.05) is 25.5 Å². The minimum absolute atomic E-state index is 0.198. The van der Waals surface area contributed by atoms with Gasteiger partial charge in [-0.15, -0.1) is 0 Å². The summed E-state index contributed by atoms with van der Waals surface area (Å²) < 4.78 is 13.5. The van der Waals surface area contributed by atoms with Crippen LogP contribution in [0.4, 0.5) is 10.2 Å². The van der Waals surface area contributed by atoms with E-state index in [-0.39, 0.29) is 11.6 Å². The van der Waals surface area contributed by atoms with Gasteiger partial charge in [0.25, 0.3) is 0 Å². The van der Waals surface area contributed by atoms with Crippen LogP contribution in [0.1, 0.15) is 30.2 Å². The molecule has 2 rings (SSSR count). The lowest BCUT2D eigenvalue weighted by Gasteiger charge is -2.15. The molecule has 3 nitrogen and oxygen atoms in total. The number of nitrogen functional groups attached to an aromatic ring is 1. The summed E-state index contributed by atoms with van der Waals surface area (Å²) in [5.41, 5.74) is 9.30. The first-order valence-corrected chi connectivity index (χ1v) is 6.53. The van der Waals surface area contributed by atoms with E-state index in [1.54, 1.807) is 12.1 Å². The second kappa shape index (κ2) is 5.70. The number of hydrogen-bond donors (Lipinski definition) is 1. The van der Waals surface area contributed by atoms with E-state index in [9.17, 15) is 9.65 Å². The maximum Gasteiger partial charge on any atom is 0.142 e. The molecule has 4 heteroatoms. The zero-order chi connectivity index (χ0) is 14.7. The van der Waals surface area contributed by atoms with E-state index < -0.39 is 0 Å². The van der Waals surface area contributed by atoms with Crippen molar-refractivity contribution in [3.05, 3.63) is 46.9 Å². The highest BCUT2D eigenvalue weighted by Crippen LogP contribution is 2.33. The van der Waals surface area contributed by atoms with E-state index in [0.29, 0.717) is 16.7 Å². The van der Waals surface area contributed by atoms with Gasteiger partial charge < -0.3 is 5.73 Å². The Labute approximate surface area is 117 Å². The molecule has 2 N–H and O–H groups in total.